The molecule has 11 nitrogen and oxygen atoms in total. The molecule has 0 unspecified atom stereocenters. The largest absolute Gasteiger partial charge is 0.467 e. The minimum Gasteiger partial charge on any atom is -0.467 e. The van der Waals surface area contributed by atoms with E-state index in [1.54, 1.807) is 13.3 Å². The van der Waals surface area contributed by atoms with E-state index in [4.69, 9.17) is 19.9 Å². The Morgan fingerprint density at radius 3 is 2.81 bits per heavy atom. The maximum atomic E-state index is 12.0. The molecule has 0 bridgehead atoms. The summed E-state index contributed by atoms with van der Waals surface area (Å²) >= 11 is 0. The van der Waals surface area contributed by atoms with Gasteiger partial charge in [0.1, 0.15) is 35.1 Å². The molecule has 0 saturated carbocycles. The molecular formula is C26H32N6O5. The molecule has 0 aliphatic heterocycles. The number of rotatable bonds is 12. The molecule has 2 aromatic heterocycles. The lowest BCUT2D eigenvalue weighted by atomic mass is 10.1. The first kappa shape index (κ1) is 26.1. The van der Waals surface area contributed by atoms with Gasteiger partial charge in [0, 0.05) is 6.42 Å². The zero-order chi connectivity index (χ0) is 26.4. The highest BCUT2D eigenvalue weighted by molar-refractivity contribution is 5.81. The standard InChI is InChI=1S/C26H32N6O5/c1-16(12-32-15-30-23-24(27)28-14-29-25(23)32)36-10-9-22(21(13-33)31-17(2)26(34)35-3)37-20-8-7-18-5-4-6-19(18)11-20/h7-8,11,13-17,31H,4-6,9-10,12H2,1-3H3,(H2,27,28,29)/b22-21-/t16-,17+/m1/s1. The van der Waals surface area contributed by atoms with Crippen molar-refractivity contribution in [3.05, 3.63) is 53.4 Å². The number of ether oxygens (including phenoxy) is 3. The van der Waals surface area contributed by atoms with Crippen LogP contribution in [0, 0.1) is 0 Å². The molecule has 3 N–H and O–H groups in total. The Morgan fingerprint density at radius 2 is 2.03 bits per heavy atom. The molecular weight excluding hydrogens is 476 g/mol. The lowest BCUT2D eigenvalue weighted by molar-refractivity contribution is -0.142. The van der Waals surface area contributed by atoms with E-state index in [1.807, 2.05) is 23.6 Å². The summed E-state index contributed by atoms with van der Waals surface area (Å²) in [5.74, 6) is 0.853. The van der Waals surface area contributed by atoms with Crippen molar-refractivity contribution < 1.29 is 23.8 Å². The molecule has 3 aromatic rings. The Morgan fingerprint density at radius 1 is 1.22 bits per heavy atom. The number of anilines is 1. The van der Waals surface area contributed by atoms with Crippen LogP contribution in [0.25, 0.3) is 11.2 Å². The van der Waals surface area contributed by atoms with Gasteiger partial charge in [-0.1, -0.05) is 6.07 Å². The number of nitrogen functional groups attached to an aromatic ring is 1. The van der Waals surface area contributed by atoms with E-state index in [-0.39, 0.29) is 18.4 Å². The topological polar surface area (TPSA) is 143 Å². The van der Waals surface area contributed by atoms with E-state index in [0.29, 0.717) is 47.7 Å². The van der Waals surface area contributed by atoms with Crippen molar-refractivity contribution >= 4 is 29.2 Å². The number of benzene rings is 1. The zero-order valence-corrected chi connectivity index (χ0v) is 21.3. The van der Waals surface area contributed by atoms with Crippen molar-refractivity contribution in [1.82, 2.24) is 24.8 Å². The van der Waals surface area contributed by atoms with Crippen LogP contribution in [0.15, 0.2) is 42.3 Å². The number of nitrogens with two attached hydrogens (primary N) is 1. The van der Waals surface area contributed by atoms with Gasteiger partial charge in [0.05, 0.1) is 32.7 Å². The highest BCUT2D eigenvalue weighted by atomic mass is 16.5. The summed E-state index contributed by atoms with van der Waals surface area (Å²) < 4.78 is 18.8. The van der Waals surface area contributed by atoms with Crippen LogP contribution in [0.1, 0.15) is 37.8 Å². The van der Waals surface area contributed by atoms with Crippen LogP contribution in [-0.2, 0) is 38.4 Å². The third kappa shape index (κ3) is 6.23. The molecule has 196 valence electrons. The minimum atomic E-state index is -0.729. The van der Waals surface area contributed by atoms with E-state index >= 15 is 0 Å². The van der Waals surface area contributed by atoms with Crippen molar-refractivity contribution in [2.75, 3.05) is 19.5 Å². The van der Waals surface area contributed by atoms with E-state index in [2.05, 4.69) is 26.3 Å². The lowest BCUT2D eigenvalue weighted by Gasteiger charge is -2.19. The number of aldehydes is 1. The second-order valence-electron chi connectivity index (χ2n) is 8.99. The van der Waals surface area contributed by atoms with Crippen molar-refractivity contribution in [2.24, 2.45) is 0 Å². The van der Waals surface area contributed by atoms with Gasteiger partial charge in [-0.05, 0) is 56.4 Å². The zero-order valence-electron chi connectivity index (χ0n) is 21.3. The molecule has 0 saturated heterocycles. The van der Waals surface area contributed by atoms with Crippen LogP contribution in [-0.4, -0.2) is 57.6 Å². The molecule has 2 atom stereocenters. The van der Waals surface area contributed by atoms with Gasteiger partial charge in [-0.15, -0.1) is 0 Å². The van der Waals surface area contributed by atoms with Crippen molar-refractivity contribution in [3.63, 3.8) is 0 Å². The van der Waals surface area contributed by atoms with Gasteiger partial charge in [0.2, 0.25) is 0 Å². The fourth-order valence-corrected chi connectivity index (χ4v) is 4.36. The number of aryl methyl sites for hydroxylation is 2. The predicted octanol–water partition coefficient (Wildman–Crippen LogP) is 2.33. The Bertz CT molecular complexity index is 1300. The van der Waals surface area contributed by atoms with E-state index in [9.17, 15) is 9.59 Å². The molecule has 0 fully saturated rings. The lowest BCUT2D eigenvalue weighted by Crippen LogP contribution is -2.36. The summed E-state index contributed by atoms with van der Waals surface area (Å²) in [6, 6.07) is 5.24. The monoisotopic (exact) mass is 508 g/mol. The number of allylic oxidation sites excluding steroid dienone is 1. The van der Waals surface area contributed by atoms with Crippen LogP contribution in [0.2, 0.25) is 0 Å². The summed E-state index contributed by atoms with van der Waals surface area (Å²) in [5, 5.41) is 2.91. The van der Waals surface area contributed by atoms with Gasteiger partial charge < -0.3 is 29.8 Å². The van der Waals surface area contributed by atoms with Crippen LogP contribution in [0.3, 0.4) is 0 Å². The molecule has 0 radical (unpaired) electrons. The number of aromatic nitrogens is 4. The number of hydrogen-bond donors (Lipinski definition) is 2. The highest BCUT2D eigenvalue weighted by Crippen LogP contribution is 2.28. The first-order valence-electron chi connectivity index (χ1n) is 12.2. The Balaban J connectivity index is 1.46. The molecule has 1 aliphatic carbocycles. The fourth-order valence-electron chi connectivity index (χ4n) is 4.36. The number of carbonyl (C=O) groups is 2. The van der Waals surface area contributed by atoms with Crippen LogP contribution >= 0.6 is 0 Å². The van der Waals surface area contributed by atoms with E-state index in [1.165, 1.54) is 24.6 Å². The molecule has 4 rings (SSSR count). The molecule has 1 aliphatic rings. The minimum absolute atomic E-state index is 0.169. The SMILES string of the molecule is COC(=O)[C@H](C)N/C(C=O)=C(/CCO[C@H](C)Cn1cnc2c(N)ncnc21)Oc1ccc2c(c1)CCC2. The van der Waals surface area contributed by atoms with Gasteiger partial charge in [0.15, 0.2) is 17.8 Å². The Hall–Kier alpha value is -3.99. The third-order valence-corrected chi connectivity index (χ3v) is 6.27. The summed E-state index contributed by atoms with van der Waals surface area (Å²) in [6.45, 7) is 4.32. The van der Waals surface area contributed by atoms with E-state index < -0.39 is 12.0 Å². The Kier molecular flexibility index (Phi) is 8.34. The summed E-state index contributed by atoms with van der Waals surface area (Å²) in [7, 11) is 1.30. The number of carbonyl (C=O) groups excluding carboxylic acids is 2. The number of hydrogen-bond acceptors (Lipinski definition) is 10. The number of nitrogens with one attached hydrogen (secondary N) is 1. The molecule has 2 heterocycles. The molecule has 37 heavy (non-hydrogen) atoms. The molecule has 11 heteroatoms. The quantitative estimate of drug-likeness (QED) is 0.162. The second kappa shape index (κ2) is 11.8. The van der Waals surface area contributed by atoms with Gasteiger partial charge in [0.25, 0.3) is 0 Å². The summed E-state index contributed by atoms with van der Waals surface area (Å²) in [6.07, 6.45) is 6.99. The number of methoxy groups -OCH3 is 1. The van der Waals surface area contributed by atoms with Crippen LogP contribution < -0.4 is 15.8 Å². The normalized spacial score (nSPS) is 15.0. The van der Waals surface area contributed by atoms with Crippen LogP contribution in [0.4, 0.5) is 5.82 Å². The number of nitrogens with zero attached hydrogens (tertiary/aromatic N) is 4. The van der Waals surface area contributed by atoms with Gasteiger partial charge in [-0.3, -0.25) is 4.79 Å². The third-order valence-electron chi connectivity index (χ3n) is 6.27. The predicted molar refractivity (Wildman–Crippen MR) is 137 cm³/mol. The highest BCUT2D eigenvalue weighted by Gasteiger charge is 2.19. The van der Waals surface area contributed by atoms with Crippen molar-refractivity contribution in [3.8, 4) is 5.75 Å². The van der Waals surface area contributed by atoms with Gasteiger partial charge in [-0.25, -0.2) is 19.7 Å². The molecule has 0 amide bonds. The number of fused-ring (bicyclic) bond motifs is 2. The summed E-state index contributed by atoms with van der Waals surface area (Å²) in [5.41, 5.74) is 9.79. The smallest absolute Gasteiger partial charge is 0.327 e. The average molecular weight is 509 g/mol. The maximum absolute atomic E-state index is 12.0. The fraction of sp³-hybridized carbons (Fsp3) is 0.423. The van der Waals surface area contributed by atoms with Gasteiger partial charge in [-0.2, -0.15) is 0 Å². The van der Waals surface area contributed by atoms with Crippen molar-refractivity contribution in [1.29, 1.82) is 0 Å². The Labute approximate surface area is 215 Å². The molecule has 0 spiro atoms. The van der Waals surface area contributed by atoms with Gasteiger partial charge >= 0.3 is 5.97 Å². The summed E-state index contributed by atoms with van der Waals surface area (Å²) in [4.78, 5) is 36.4. The first-order valence-corrected chi connectivity index (χ1v) is 12.2. The number of esters is 1. The van der Waals surface area contributed by atoms with Crippen LogP contribution in [0.5, 0.6) is 5.75 Å². The van der Waals surface area contributed by atoms with Crippen molar-refractivity contribution in [2.45, 2.75) is 58.2 Å². The average Bonchev–Trinajstić information content (AvgIpc) is 3.53. The second-order valence-corrected chi connectivity index (χ2v) is 8.99. The first-order chi connectivity index (χ1) is 17.9. The number of imidazole rings is 1. The maximum Gasteiger partial charge on any atom is 0.327 e. The molecule has 1 aromatic carbocycles. The van der Waals surface area contributed by atoms with E-state index in [0.717, 1.165) is 19.3 Å².